The molecule has 1 fully saturated rings. The highest BCUT2D eigenvalue weighted by Gasteiger charge is 2.66. The minimum Gasteiger partial charge on any atom is -0.363 e. The van der Waals surface area contributed by atoms with Crippen LogP contribution in [0.15, 0.2) is 54.6 Å². The largest absolute Gasteiger partial charge is 0.437 e. The zero-order valence-electron chi connectivity index (χ0n) is 13.6. The second kappa shape index (κ2) is 6.66. The summed E-state index contributed by atoms with van der Waals surface area (Å²) in [7, 11) is 0. The minimum absolute atomic E-state index is 0.121. The zero-order valence-corrected chi connectivity index (χ0v) is 13.6. The number of hydrogen-bond donors (Lipinski definition) is 3. The average molecular weight is 382 g/mol. The molecular weight excluding hydrogens is 368 g/mol. The number of urea groups is 1. The summed E-state index contributed by atoms with van der Waals surface area (Å²) in [5.41, 5.74) is -4.34. The summed E-state index contributed by atoms with van der Waals surface area (Å²) in [5, 5.41) is 13.9. The summed E-state index contributed by atoms with van der Waals surface area (Å²) in [6, 6.07) is 8.66. The monoisotopic (exact) mass is 382 g/mol. The number of rotatable bonds is 3. The standard InChI is InChI=1S/C18H14F4N2O3/c19-12-9-5-4-8-11(12)14-13(15(25)10-6-2-1-3-7-10)17(27,18(20,21)22)24-16(26)23-14/h1-9,13-14,27H,(H2,23,24,26)/t13-,14+,17+/m0/s1. The number of benzene rings is 2. The lowest BCUT2D eigenvalue weighted by atomic mass is 9.77. The Hall–Kier alpha value is -2.94. The van der Waals surface area contributed by atoms with E-state index in [0.29, 0.717) is 0 Å². The summed E-state index contributed by atoms with van der Waals surface area (Å²) < 4.78 is 55.3. The lowest BCUT2D eigenvalue weighted by Crippen LogP contribution is -2.72. The molecule has 2 amide bonds. The average Bonchev–Trinajstić information content (AvgIpc) is 2.61. The fraction of sp³-hybridized carbons (Fsp3) is 0.222. The highest BCUT2D eigenvalue weighted by molar-refractivity contribution is 6.00. The zero-order chi connectivity index (χ0) is 19.8. The second-order valence-electron chi connectivity index (χ2n) is 6.07. The number of hydrogen-bond acceptors (Lipinski definition) is 3. The molecule has 9 heteroatoms. The summed E-state index contributed by atoms with van der Waals surface area (Å²) in [6.07, 6.45) is -5.39. The van der Waals surface area contributed by atoms with E-state index >= 15 is 0 Å². The van der Waals surface area contributed by atoms with Crippen LogP contribution in [0.25, 0.3) is 0 Å². The number of Topliss-reactive ketones (excluding diaryl/α,β-unsaturated/α-hetero) is 1. The Kier molecular flexibility index (Phi) is 4.64. The van der Waals surface area contributed by atoms with Gasteiger partial charge in [-0.25, -0.2) is 9.18 Å². The Balaban J connectivity index is 2.19. The number of ketones is 1. The van der Waals surface area contributed by atoms with E-state index in [2.05, 4.69) is 5.32 Å². The molecule has 2 aromatic rings. The molecule has 0 aliphatic carbocycles. The van der Waals surface area contributed by atoms with Crippen LogP contribution in [0, 0.1) is 11.7 Å². The quantitative estimate of drug-likeness (QED) is 0.564. The molecular formula is C18H14F4N2O3. The highest BCUT2D eigenvalue weighted by atomic mass is 19.4. The van der Waals surface area contributed by atoms with Crippen molar-refractivity contribution in [2.24, 2.45) is 5.92 Å². The molecule has 1 aliphatic rings. The van der Waals surface area contributed by atoms with Crippen LogP contribution in [-0.2, 0) is 0 Å². The molecule has 3 rings (SSSR count). The molecule has 5 nitrogen and oxygen atoms in total. The van der Waals surface area contributed by atoms with Crippen LogP contribution >= 0.6 is 0 Å². The second-order valence-corrected chi connectivity index (χ2v) is 6.07. The number of amides is 2. The van der Waals surface area contributed by atoms with E-state index in [9.17, 15) is 32.3 Å². The van der Waals surface area contributed by atoms with Crippen molar-refractivity contribution in [1.82, 2.24) is 10.6 Å². The van der Waals surface area contributed by atoms with Crippen molar-refractivity contribution in [2.75, 3.05) is 0 Å². The van der Waals surface area contributed by atoms with Gasteiger partial charge in [0.25, 0.3) is 0 Å². The van der Waals surface area contributed by atoms with Crippen molar-refractivity contribution in [3.63, 3.8) is 0 Å². The summed E-state index contributed by atoms with van der Waals surface area (Å²) in [6.45, 7) is 0. The number of halogens is 4. The lowest BCUT2D eigenvalue weighted by Gasteiger charge is -2.45. The molecule has 0 radical (unpaired) electrons. The normalized spacial score (nSPS) is 25.4. The third kappa shape index (κ3) is 3.25. The molecule has 0 unspecified atom stereocenters. The predicted octanol–water partition coefficient (Wildman–Crippen LogP) is 2.93. The van der Waals surface area contributed by atoms with Crippen LogP contribution in [0.1, 0.15) is 22.0 Å². The maximum Gasteiger partial charge on any atom is 0.437 e. The highest BCUT2D eigenvalue weighted by Crippen LogP contribution is 2.44. The van der Waals surface area contributed by atoms with Gasteiger partial charge in [-0.1, -0.05) is 48.5 Å². The smallest absolute Gasteiger partial charge is 0.363 e. The molecule has 1 aliphatic heterocycles. The fourth-order valence-electron chi connectivity index (χ4n) is 3.11. The number of carbonyl (C=O) groups excluding carboxylic acids is 2. The van der Waals surface area contributed by atoms with E-state index in [1.165, 1.54) is 41.7 Å². The molecule has 1 heterocycles. The van der Waals surface area contributed by atoms with Crippen LogP contribution in [0.5, 0.6) is 0 Å². The van der Waals surface area contributed by atoms with Gasteiger partial charge in [0.15, 0.2) is 5.78 Å². The van der Waals surface area contributed by atoms with Gasteiger partial charge in [0.1, 0.15) is 11.7 Å². The van der Waals surface area contributed by atoms with Crippen molar-refractivity contribution in [2.45, 2.75) is 17.9 Å². The Bertz CT molecular complexity index is 872. The first-order chi connectivity index (χ1) is 12.6. The van der Waals surface area contributed by atoms with E-state index in [1.807, 2.05) is 0 Å². The molecule has 0 bridgehead atoms. The molecule has 0 spiro atoms. The molecule has 0 aromatic heterocycles. The molecule has 3 N–H and O–H groups in total. The first kappa shape index (κ1) is 18.8. The molecule has 27 heavy (non-hydrogen) atoms. The Labute approximate surface area is 151 Å². The van der Waals surface area contributed by atoms with Crippen molar-refractivity contribution < 1.29 is 32.3 Å². The maximum absolute atomic E-state index is 14.2. The molecule has 2 aromatic carbocycles. The number of alkyl halides is 3. The SMILES string of the molecule is O=C1N[C@H](c2ccccc2F)[C@@H](C(=O)c2ccccc2)[C@@](O)(C(F)(F)F)N1. The Morgan fingerprint density at radius 2 is 1.63 bits per heavy atom. The number of aliphatic hydroxyl groups is 1. The van der Waals surface area contributed by atoms with Crippen molar-refractivity contribution in [3.05, 3.63) is 71.5 Å². The van der Waals surface area contributed by atoms with Gasteiger partial charge in [0.05, 0.1) is 6.04 Å². The predicted molar refractivity (Wildman–Crippen MR) is 86.1 cm³/mol. The Morgan fingerprint density at radius 1 is 1.04 bits per heavy atom. The molecule has 142 valence electrons. The van der Waals surface area contributed by atoms with Gasteiger partial charge < -0.3 is 15.7 Å². The topological polar surface area (TPSA) is 78.4 Å². The van der Waals surface area contributed by atoms with E-state index in [4.69, 9.17) is 0 Å². The van der Waals surface area contributed by atoms with Gasteiger partial charge in [-0.2, -0.15) is 13.2 Å². The Morgan fingerprint density at radius 3 is 2.22 bits per heavy atom. The van der Waals surface area contributed by atoms with Crippen molar-refractivity contribution >= 4 is 11.8 Å². The third-order valence-corrected chi connectivity index (χ3v) is 4.39. The summed E-state index contributed by atoms with van der Waals surface area (Å²) in [5.74, 6) is -4.27. The van der Waals surface area contributed by atoms with Gasteiger partial charge >= 0.3 is 12.2 Å². The van der Waals surface area contributed by atoms with Crippen LogP contribution in [-0.4, -0.2) is 28.8 Å². The summed E-state index contributed by atoms with van der Waals surface area (Å²) >= 11 is 0. The van der Waals surface area contributed by atoms with Crippen molar-refractivity contribution in [1.29, 1.82) is 0 Å². The van der Waals surface area contributed by atoms with E-state index in [1.54, 1.807) is 6.07 Å². The van der Waals surface area contributed by atoms with Crippen molar-refractivity contribution in [3.8, 4) is 0 Å². The molecule has 0 saturated carbocycles. The van der Waals surface area contributed by atoms with Crippen LogP contribution in [0.4, 0.5) is 22.4 Å². The van der Waals surface area contributed by atoms with Gasteiger partial charge in [0.2, 0.25) is 5.72 Å². The molecule has 1 saturated heterocycles. The first-order valence-corrected chi connectivity index (χ1v) is 7.86. The van der Waals surface area contributed by atoms with E-state index < -0.39 is 41.5 Å². The lowest BCUT2D eigenvalue weighted by molar-refractivity contribution is -0.287. The van der Waals surface area contributed by atoms with Gasteiger partial charge in [-0.15, -0.1) is 0 Å². The fourth-order valence-corrected chi connectivity index (χ4v) is 3.11. The van der Waals surface area contributed by atoms with Crippen LogP contribution < -0.4 is 10.6 Å². The van der Waals surface area contributed by atoms with E-state index in [0.717, 1.165) is 12.1 Å². The third-order valence-electron chi connectivity index (χ3n) is 4.39. The number of nitrogens with one attached hydrogen (secondary N) is 2. The molecule has 3 atom stereocenters. The van der Waals surface area contributed by atoms with Gasteiger partial charge in [-0.05, 0) is 6.07 Å². The first-order valence-electron chi connectivity index (χ1n) is 7.86. The van der Waals surface area contributed by atoms with Gasteiger partial charge in [0, 0.05) is 11.1 Å². The minimum atomic E-state index is -5.39. The van der Waals surface area contributed by atoms with Gasteiger partial charge in [-0.3, -0.25) is 4.79 Å². The van der Waals surface area contributed by atoms with E-state index in [-0.39, 0.29) is 11.1 Å². The van der Waals surface area contributed by atoms with Crippen LogP contribution in [0.3, 0.4) is 0 Å². The summed E-state index contributed by atoms with van der Waals surface area (Å²) in [4.78, 5) is 24.7. The number of carbonyl (C=O) groups is 2. The van der Waals surface area contributed by atoms with Crippen LogP contribution in [0.2, 0.25) is 0 Å². The maximum atomic E-state index is 14.2.